The number of carbonyl (C=O) groups excluding carboxylic acids is 1. The molecule has 0 unspecified atom stereocenters. The van der Waals surface area contributed by atoms with Crippen molar-refractivity contribution in [3.05, 3.63) is 58.4 Å². The number of aliphatic imine (C=N–C) groups is 2. The van der Waals surface area contributed by atoms with Gasteiger partial charge in [0.1, 0.15) is 11.5 Å². The summed E-state index contributed by atoms with van der Waals surface area (Å²) in [5, 5.41) is 0.419. The molecule has 1 aromatic carbocycles. The molecule has 0 bridgehead atoms. The van der Waals surface area contributed by atoms with Crippen LogP contribution in [0.15, 0.2) is 57.2 Å². The summed E-state index contributed by atoms with van der Waals surface area (Å²) >= 11 is 1.38. The summed E-state index contributed by atoms with van der Waals surface area (Å²) in [4.78, 5) is 30.4. The van der Waals surface area contributed by atoms with Crippen LogP contribution >= 0.6 is 11.3 Å². The Morgan fingerprint density at radius 1 is 1.21 bits per heavy atom. The van der Waals surface area contributed by atoms with E-state index >= 15 is 0 Å². The maximum atomic E-state index is 13.7. The van der Waals surface area contributed by atoms with Gasteiger partial charge in [0.2, 0.25) is 0 Å². The fourth-order valence-electron chi connectivity index (χ4n) is 4.25. The van der Waals surface area contributed by atoms with Gasteiger partial charge in [-0.3, -0.25) is 4.79 Å². The number of nitrogens with two attached hydrogens (primary N) is 1. The summed E-state index contributed by atoms with van der Waals surface area (Å²) in [6, 6.07) is 8.13. The molecule has 170 valence electrons. The fourth-order valence-corrected chi connectivity index (χ4v) is 5.07. The van der Waals surface area contributed by atoms with E-state index in [2.05, 4.69) is 31.0 Å². The number of carbonyl (C=O) groups is 1. The molecule has 1 aromatic heterocycles. The van der Waals surface area contributed by atoms with Crippen molar-refractivity contribution < 1.29 is 4.79 Å². The van der Waals surface area contributed by atoms with E-state index in [0.29, 0.717) is 29.7 Å². The molecular weight excluding hydrogens is 430 g/mol. The Morgan fingerprint density at radius 3 is 2.79 bits per heavy atom. The monoisotopic (exact) mass is 459 g/mol. The van der Waals surface area contributed by atoms with Gasteiger partial charge < -0.3 is 10.6 Å². The minimum absolute atomic E-state index is 0.0532. The normalized spacial score (nSPS) is 17.5. The Kier molecular flexibility index (Phi) is 5.74. The van der Waals surface area contributed by atoms with Gasteiger partial charge in [-0.2, -0.15) is 0 Å². The quantitative estimate of drug-likeness (QED) is 0.600. The van der Waals surface area contributed by atoms with Crippen LogP contribution in [0.4, 0.5) is 5.13 Å². The highest BCUT2D eigenvalue weighted by Gasteiger charge is 2.31. The van der Waals surface area contributed by atoms with Crippen molar-refractivity contribution in [2.24, 2.45) is 15.9 Å². The van der Waals surface area contributed by atoms with Crippen molar-refractivity contribution in [1.82, 2.24) is 9.88 Å². The number of hydrogen-bond donors (Lipinski definition) is 1. The molecule has 5 rings (SSSR count). The number of nitrogens with zero attached hydrogens (tertiary/aromatic N) is 4. The number of hydrogen-bond acceptors (Lipinski definition) is 6. The van der Waals surface area contributed by atoms with Crippen molar-refractivity contribution in [2.45, 2.75) is 46.5 Å². The zero-order chi connectivity index (χ0) is 23.1. The zero-order valence-corrected chi connectivity index (χ0v) is 20.2. The van der Waals surface area contributed by atoms with Crippen LogP contribution in [0.25, 0.3) is 10.4 Å². The second kappa shape index (κ2) is 8.71. The van der Waals surface area contributed by atoms with Crippen molar-refractivity contribution in [2.75, 3.05) is 18.8 Å². The maximum Gasteiger partial charge on any atom is 0.274 e. The van der Waals surface area contributed by atoms with Crippen LogP contribution in [0.5, 0.6) is 0 Å². The van der Waals surface area contributed by atoms with Gasteiger partial charge in [0.25, 0.3) is 5.91 Å². The molecule has 2 aliphatic carbocycles. The average molecular weight is 460 g/mol. The molecule has 1 amide bonds. The average Bonchev–Trinajstić information content (AvgIpc) is 3.39. The second-order valence-corrected chi connectivity index (χ2v) is 10.3. The maximum absolute atomic E-state index is 13.7. The summed E-state index contributed by atoms with van der Waals surface area (Å²) < 4.78 is 0. The number of aromatic nitrogens is 1. The number of aryl methyl sites for hydroxylation is 1. The molecule has 2 heterocycles. The summed E-state index contributed by atoms with van der Waals surface area (Å²) in [7, 11) is 0. The van der Waals surface area contributed by atoms with Crippen LogP contribution in [0.1, 0.15) is 55.6 Å². The third-order valence-corrected chi connectivity index (χ3v) is 7.40. The van der Waals surface area contributed by atoms with Gasteiger partial charge in [0.15, 0.2) is 5.13 Å². The lowest BCUT2D eigenvalue weighted by atomic mass is 9.97. The van der Waals surface area contributed by atoms with Crippen LogP contribution < -0.4 is 5.73 Å². The smallest absolute Gasteiger partial charge is 0.274 e. The van der Waals surface area contributed by atoms with Crippen LogP contribution in [-0.4, -0.2) is 40.4 Å². The van der Waals surface area contributed by atoms with Gasteiger partial charge in [-0.15, -0.1) is 0 Å². The molecule has 7 heteroatoms. The number of nitrogen functional groups attached to an aromatic ring is 1. The molecule has 0 atom stereocenters. The molecule has 3 aliphatic rings. The number of allylic oxidation sites excluding steroid dienone is 4. The van der Waals surface area contributed by atoms with Crippen molar-refractivity contribution in [3.63, 3.8) is 0 Å². The first-order valence-electron chi connectivity index (χ1n) is 11.5. The highest BCUT2D eigenvalue weighted by molar-refractivity contribution is 7.19. The standard InChI is InChI=1S/C26H29N5OS/c1-15-5-4-6-19(11-15)24-23(30-26(27)33-24)25(32)31(14-18-7-8-18)10-9-22-28-20-12-16(2)17(3)13-21(20)29-22/h4-6,11-12,18H,7-10,13-14H2,1-3H3,(H2,27,30). The molecule has 0 saturated heterocycles. The van der Waals surface area contributed by atoms with Crippen molar-refractivity contribution >= 4 is 33.9 Å². The molecule has 2 N–H and O–H groups in total. The molecule has 0 spiro atoms. The summed E-state index contributed by atoms with van der Waals surface area (Å²) in [5.74, 6) is 1.33. The zero-order valence-electron chi connectivity index (χ0n) is 19.4. The third kappa shape index (κ3) is 4.69. The molecule has 33 heavy (non-hydrogen) atoms. The number of benzene rings is 1. The largest absolute Gasteiger partial charge is 0.375 e. The number of fused-ring (bicyclic) bond motifs is 1. The number of amides is 1. The number of rotatable bonds is 7. The van der Waals surface area contributed by atoms with E-state index in [1.54, 1.807) is 0 Å². The Morgan fingerprint density at radius 2 is 2.03 bits per heavy atom. The van der Waals surface area contributed by atoms with E-state index in [1.807, 2.05) is 30.0 Å². The van der Waals surface area contributed by atoms with E-state index in [4.69, 9.17) is 15.7 Å². The van der Waals surface area contributed by atoms with Gasteiger partial charge in [0, 0.05) is 25.9 Å². The first kappa shape index (κ1) is 21.8. The Balaban J connectivity index is 1.36. The molecule has 6 nitrogen and oxygen atoms in total. The number of anilines is 1. The third-order valence-electron chi connectivity index (χ3n) is 6.46. The van der Waals surface area contributed by atoms with Gasteiger partial charge >= 0.3 is 0 Å². The van der Waals surface area contributed by atoms with Gasteiger partial charge in [-0.25, -0.2) is 15.0 Å². The van der Waals surface area contributed by atoms with Crippen LogP contribution in [0, 0.1) is 12.8 Å². The molecule has 2 aromatic rings. The Labute approximate surface area is 198 Å². The predicted octanol–water partition coefficient (Wildman–Crippen LogP) is 5.42. The number of amidine groups is 1. The van der Waals surface area contributed by atoms with Gasteiger partial charge in [-0.1, -0.05) is 46.7 Å². The summed E-state index contributed by atoms with van der Waals surface area (Å²) in [5.41, 5.74) is 13.3. The molecule has 0 radical (unpaired) electrons. The van der Waals surface area contributed by atoms with E-state index in [-0.39, 0.29) is 5.91 Å². The summed E-state index contributed by atoms with van der Waals surface area (Å²) in [6.07, 6.45) is 5.95. The van der Waals surface area contributed by atoms with Gasteiger partial charge in [0.05, 0.1) is 16.3 Å². The fraction of sp³-hybridized carbons (Fsp3) is 0.385. The minimum atomic E-state index is -0.0532. The lowest BCUT2D eigenvalue weighted by Crippen LogP contribution is -2.35. The SMILES string of the molecule is CC1=C(C)CC2=NC(CCN(CC3CC3)C(=O)c3nc(N)sc3-c3cccc(C)c3)=NC2=C1. The molecule has 1 aliphatic heterocycles. The first-order valence-corrected chi connectivity index (χ1v) is 12.3. The molecule has 1 saturated carbocycles. The highest BCUT2D eigenvalue weighted by atomic mass is 32.1. The van der Waals surface area contributed by atoms with E-state index < -0.39 is 0 Å². The lowest BCUT2D eigenvalue weighted by molar-refractivity contribution is 0.0748. The Bertz CT molecular complexity index is 1250. The second-order valence-electron chi connectivity index (χ2n) is 9.30. The molecular formula is C26H29N5OS. The number of thiazole rings is 1. The minimum Gasteiger partial charge on any atom is -0.375 e. The summed E-state index contributed by atoms with van der Waals surface area (Å²) in [6.45, 7) is 7.63. The van der Waals surface area contributed by atoms with Crippen molar-refractivity contribution in [1.29, 1.82) is 0 Å². The van der Waals surface area contributed by atoms with Crippen LogP contribution in [0.3, 0.4) is 0 Å². The van der Waals surface area contributed by atoms with E-state index in [9.17, 15) is 4.79 Å². The van der Waals surface area contributed by atoms with Gasteiger partial charge in [-0.05, 0) is 56.7 Å². The first-order chi connectivity index (χ1) is 15.9. The lowest BCUT2D eigenvalue weighted by Gasteiger charge is -2.22. The Hall–Kier alpha value is -3.06. The van der Waals surface area contributed by atoms with Crippen LogP contribution in [0.2, 0.25) is 0 Å². The predicted molar refractivity (Wildman–Crippen MR) is 136 cm³/mol. The van der Waals surface area contributed by atoms with Crippen molar-refractivity contribution in [3.8, 4) is 10.4 Å². The highest BCUT2D eigenvalue weighted by Crippen LogP contribution is 2.35. The van der Waals surface area contributed by atoms with E-state index in [1.165, 1.54) is 35.3 Å². The van der Waals surface area contributed by atoms with E-state index in [0.717, 1.165) is 46.2 Å². The molecule has 1 fully saturated rings. The topological polar surface area (TPSA) is 83.9 Å². The van der Waals surface area contributed by atoms with Crippen LogP contribution in [-0.2, 0) is 0 Å².